The predicted molar refractivity (Wildman–Crippen MR) is 83.6 cm³/mol. The van der Waals surface area contributed by atoms with E-state index in [4.69, 9.17) is 0 Å². The Labute approximate surface area is 127 Å². The maximum atomic E-state index is 12.2. The summed E-state index contributed by atoms with van der Waals surface area (Å²) in [5.74, 6) is -1.06. The lowest BCUT2D eigenvalue weighted by molar-refractivity contribution is 0.0698. The number of rotatable bonds is 2. The number of imidazole rings is 1. The van der Waals surface area contributed by atoms with Gasteiger partial charge in [-0.15, -0.1) is 0 Å². The number of nitrogens with zero attached hydrogens (tertiary/aromatic N) is 1. The molecule has 5 nitrogen and oxygen atoms in total. The number of aromatic carboxylic acids is 1. The summed E-state index contributed by atoms with van der Waals surface area (Å²) >= 11 is 2.12. The van der Waals surface area contributed by atoms with E-state index < -0.39 is 5.97 Å². The first kappa shape index (κ1) is 12.9. The van der Waals surface area contributed by atoms with Crippen LogP contribution in [0.15, 0.2) is 47.3 Å². The van der Waals surface area contributed by atoms with E-state index in [1.54, 1.807) is 18.2 Å². The Morgan fingerprint density at radius 3 is 2.60 bits per heavy atom. The fourth-order valence-corrected chi connectivity index (χ4v) is 2.82. The van der Waals surface area contributed by atoms with Crippen molar-refractivity contribution in [2.24, 2.45) is 0 Å². The van der Waals surface area contributed by atoms with Gasteiger partial charge in [0.05, 0.1) is 22.3 Å². The van der Waals surface area contributed by atoms with Crippen LogP contribution in [0.4, 0.5) is 0 Å². The zero-order valence-electron chi connectivity index (χ0n) is 10.1. The molecule has 0 amide bonds. The first-order chi connectivity index (χ1) is 9.59. The molecule has 0 fully saturated rings. The van der Waals surface area contributed by atoms with Gasteiger partial charge in [-0.3, -0.25) is 4.57 Å². The van der Waals surface area contributed by atoms with Gasteiger partial charge in [0.2, 0.25) is 0 Å². The maximum Gasteiger partial charge on any atom is 0.337 e. The summed E-state index contributed by atoms with van der Waals surface area (Å²) in [6, 6.07) is 12.1. The molecule has 0 bridgehead atoms. The minimum absolute atomic E-state index is 0.0977. The van der Waals surface area contributed by atoms with Crippen LogP contribution in [0, 0.1) is 3.57 Å². The molecule has 0 aliphatic heterocycles. The molecule has 20 heavy (non-hydrogen) atoms. The highest BCUT2D eigenvalue weighted by Gasteiger charge is 2.17. The standard InChI is InChI=1S/C14H9IN2O3/c15-9-5-1-2-7-11(9)17-12-8(13(18)19)4-3-6-10(12)16-14(17)20/h1-7H,(H,16,20)(H,18,19). The SMILES string of the molecule is O=C(O)c1cccc2[nH]c(=O)n(-c3ccccc3I)c12. The Kier molecular flexibility index (Phi) is 3.09. The predicted octanol–water partition coefficient (Wildman–Crippen LogP) is 2.62. The largest absolute Gasteiger partial charge is 0.478 e. The smallest absolute Gasteiger partial charge is 0.337 e. The molecule has 0 unspecified atom stereocenters. The van der Waals surface area contributed by atoms with Crippen molar-refractivity contribution in [2.75, 3.05) is 0 Å². The Morgan fingerprint density at radius 1 is 1.15 bits per heavy atom. The fraction of sp³-hybridized carbons (Fsp3) is 0. The Bertz CT molecular complexity index is 880. The molecule has 0 radical (unpaired) electrons. The monoisotopic (exact) mass is 380 g/mol. The lowest BCUT2D eigenvalue weighted by Gasteiger charge is -2.07. The molecule has 2 N–H and O–H groups in total. The molecule has 1 aromatic heterocycles. The van der Waals surface area contributed by atoms with Crippen LogP contribution in [0.2, 0.25) is 0 Å². The second-order valence-electron chi connectivity index (χ2n) is 4.22. The minimum Gasteiger partial charge on any atom is -0.478 e. The molecule has 0 saturated carbocycles. The maximum absolute atomic E-state index is 12.2. The molecule has 0 aliphatic carbocycles. The number of carboxylic acids is 1. The van der Waals surface area contributed by atoms with Gasteiger partial charge in [-0.1, -0.05) is 18.2 Å². The van der Waals surface area contributed by atoms with Crippen molar-refractivity contribution in [2.45, 2.75) is 0 Å². The number of H-pyrrole nitrogens is 1. The number of benzene rings is 2. The first-order valence-electron chi connectivity index (χ1n) is 5.81. The van der Waals surface area contributed by atoms with Gasteiger partial charge >= 0.3 is 11.7 Å². The number of aromatic amines is 1. The van der Waals surface area contributed by atoms with Gasteiger partial charge < -0.3 is 10.1 Å². The third-order valence-corrected chi connectivity index (χ3v) is 3.94. The third-order valence-electron chi connectivity index (χ3n) is 3.03. The highest BCUT2D eigenvalue weighted by Crippen LogP contribution is 2.22. The number of nitrogens with one attached hydrogen (secondary N) is 1. The molecule has 3 aromatic rings. The number of carbonyl (C=O) groups is 1. The molecule has 0 atom stereocenters. The van der Waals surface area contributed by atoms with Crippen LogP contribution in [-0.2, 0) is 0 Å². The van der Waals surface area contributed by atoms with Gasteiger partial charge in [-0.05, 0) is 46.9 Å². The van der Waals surface area contributed by atoms with Crippen LogP contribution in [0.5, 0.6) is 0 Å². The normalized spacial score (nSPS) is 10.8. The van der Waals surface area contributed by atoms with Crippen molar-refractivity contribution in [3.63, 3.8) is 0 Å². The van der Waals surface area contributed by atoms with Gasteiger partial charge in [-0.2, -0.15) is 0 Å². The van der Waals surface area contributed by atoms with E-state index in [-0.39, 0.29) is 11.3 Å². The molecule has 0 spiro atoms. The molecule has 2 aromatic carbocycles. The van der Waals surface area contributed by atoms with Gasteiger partial charge in [0.25, 0.3) is 0 Å². The number of carboxylic acid groups (broad SMARTS) is 1. The summed E-state index contributed by atoms with van der Waals surface area (Å²) in [6.45, 7) is 0. The van der Waals surface area contributed by atoms with E-state index in [0.717, 1.165) is 3.57 Å². The second kappa shape index (κ2) is 4.78. The molecule has 0 aliphatic rings. The van der Waals surface area contributed by atoms with Crippen molar-refractivity contribution in [3.8, 4) is 5.69 Å². The second-order valence-corrected chi connectivity index (χ2v) is 5.39. The van der Waals surface area contributed by atoms with Crippen LogP contribution in [-0.4, -0.2) is 20.6 Å². The van der Waals surface area contributed by atoms with Gasteiger partial charge in [0, 0.05) is 3.57 Å². The van der Waals surface area contributed by atoms with E-state index >= 15 is 0 Å². The Balaban J connectivity index is 2.48. The van der Waals surface area contributed by atoms with Crippen molar-refractivity contribution < 1.29 is 9.90 Å². The average Bonchev–Trinajstić information content (AvgIpc) is 2.75. The number of hydrogen-bond donors (Lipinski definition) is 2. The highest BCUT2D eigenvalue weighted by molar-refractivity contribution is 14.1. The Hall–Kier alpha value is -2.09. The van der Waals surface area contributed by atoms with Crippen molar-refractivity contribution in [1.82, 2.24) is 9.55 Å². The van der Waals surface area contributed by atoms with Crippen LogP contribution in [0.1, 0.15) is 10.4 Å². The van der Waals surface area contributed by atoms with E-state index in [1.807, 2.05) is 18.2 Å². The minimum atomic E-state index is -1.06. The van der Waals surface area contributed by atoms with Crippen molar-refractivity contribution >= 4 is 39.6 Å². The van der Waals surface area contributed by atoms with Crippen molar-refractivity contribution in [1.29, 1.82) is 0 Å². The van der Waals surface area contributed by atoms with E-state index in [1.165, 1.54) is 10.6 Å². The van der Waals surface area contributed by atoms with E-state index in [2.05, 4.69) is 27.6 Å². The fourth-order valence-electron chi connectivity index (χ4n) is 2.19. The molecular formula is C14H9IN2O3. The third kappa shape index (κ3) is 1.92. The first-order valence-corrected chi connectivity index (χ1v) is 6.89. The number of hydrogen-bond acceptors (Lipinski definition) is 2. The molecule has 1 heterocycles. The van der Waals surface area contributed by atoms with E-state index in [0.29, 0.717) is 16.7 Å². The zero-order chi connectivity index (χ0) is 14.3. The number of para-hydroxylation sites is 2. The lowest BCUT2D eigenvalue weighted by Crippen LogP contribution is -2.16. The summed E-state index contributed by atoms with van der Waals surface area (Å²) in [5, 5.41) is 9.30. The average molecular weight is 380 g/mol. The van der Waals surface area contributed by atoms with Gasteiger partial charge in [-0.25, -0.2) is 9.59 Å². The molecule has 6 heteroatoms. The van der Waals surface area contributed by atoms with E-state index in [9.17, 15) is 14.7 Å². The zero-order valence-corrected chi connectivity index (χ0v) is 12.3. The molecule has 3 rings (SSSR count). The lowest BCUT2D eigenvalue weighted by atomic mass is 10.2. The molecule has 0 saturated heterocycles. The number of aromatic nitrogens is 2. The summed E-state index contributed by atoms with van der Waals surface area (Å²) in [4.78, 5) is 26.2. The number of halogens is 1. The molecular weight excluding hydrogens is 371 g/mol. The number of fused-ring (bicyclic) bond motifs is 1. The quantitative estimate of drug-likeness (QED) is 0.672. The van der Waals surface area contributed by atoms with Crippen LogP contribution >= 0.6 is 22.6 Å². The van der Waals surface area contributed by atoms with Crippen LogP contribution in [0.3, 0.4) is 0 Å². The summed E-state index contributed by atoms with van der Waals surface area (Å²) < 4.78 is 2.27. The topological polar surface area (TPSA) is 75.1 Å². The van der Waals surface area contributed by atoms with Gasteiger partial charge in [0.1, 0.15) is 0 Å². The summed E-state index contributed by atoms with van der Waals surface area (Å²) in [7, 11) is 0. The summed E-state index contributed by atoms with van der Waals surface area (Å²) in [6.07, 6.45) is 0. The van der Waals surface area contributed by atoms with Crippen molar-refractivity contribution in [3.05, 3.63) is 62.1 Å². The van der Waals surface area contributed by atoms with Crippen LogP contribution in [0.25, 0.3) is 16.7 Å². The molecule has 100 valence electrons. The summed E-state index contributed by atoms with van der Waals surface area (Å²) in [5.41, 5.74) is 1.31. The van der Waals surface area contributed by atoms with Crippen LogP contribution < -0.4 is 5.69 Å². The van der Waals surface area contributed by atoms with Gasteiger partial charge in [0.15, 0.2) is 0 Å². The Morgan fingerprint density at radius 2 is 1.90 bits per heavy atom. The highest BCUT2D eigenvalue weighted by atomic mass is 127.